The lowest BCUT2D eigenvalue weighted by atomic mass is 10.0. The highest BCUT2D eigenvalue weighted by atomic mass is 16.6. The summed E-state index contributed by atoms with van der Waals surface area (Å²) in [7, 11) is 1.35. The summed E-state index contributed by atoms with van der Waals surface area (Å²) in [5.74, 6) is 5.82. The molecule has 0 bridgehead atoms. The summed E-state index contributed by atoms with van der Waals surface area (Å²) in [6, 6.07) is 24.3. The Morgan fingerprint density at radius 3 is 2.19 bits per heavy atom. The predicted molar refractivity (Wildman–Crippen MR) is 135 cm³/mol. The van der Waals surface area contributed by atoms with Crippen LogP contribution in [-0.4, -0.2) is 24.3 Å². The molecule has 0 saturated heterocycles. The van der Waals surface area contributed by atoms with Crippen LogP contribution in [0.5, 0.6) is 0 Å². The van der Waals surface area contributed by atoms with E-state index in [9.17, 15) is 9.59 Å². The molecular formula is C29H24N2O5. The monoisotopic (exact) mass is 480 g/mol. The normalized spacial score (nSPS) is 11.1. The first-order valence-electron chi connectivity index (χ1n) is 11.2. The lowest BCUT2D eigenvalue weighted by Gasteiger charge is -2.13. The number of amides is 1. The first kappa shape index (κ1) is 24.3. The molecule has 0 aliphatic rings. The molecule has 4 rings (SSSR count). The largest absolute Gasteiger partial charge is 0.465 e. The number of nitrogens with one attached hydrogen (secondary N) is 1. The summed E-state index contributed by atoms with van der Waals surface area (Å²) >= 11 is 0. The second kappa shape index (κ2) is 11.1. The van der Waals surface area contributed by atoms with Crippen LogP contribution in [0.2, 0.25) is 0 Å². The topological polar surface area (TPSA) is 90.7 Å². The third-order valence-electron chi connectivity index (χ3n) is 5.49. The molecule has 7 heteroatoms. The molecule has 7 nitrogen and oxygen atoms in total. The minimum atomic E-state index is -0.622. The second-order valence-corrected chi connectivity index (χ2v) is 7.95. The van der Waals surface area contributed by atoms with Crippen LogP contribution in [0.1, 0.15) is 46.0 Å². The van der Waals surface area contributed by atoms with Crippen LogP contribution >= 0.6 is 0 Å². The van der Waals surface area contributed by atoms with Gasteiger partial charge in [0, 0.05) is 5.56 Å². The highest BCUT2D eigenvalue weighted by Gasteiger charge is 2.17. The van der Waals surface area contributed by atoms with Crippen LogP contribution in [0.4, 0.5) is 10.5 Å². The maximum absolute atomic E-state index is 12.4. The van der Waals surface area contributed by atoms with E-state index in [1.165, 1.54) is 7.11 Å². The smallest absolute Gasteiger partial charge is 0.412 e. The van der Waals surface area contributed by atoms with E-state index in [-0.39, 0.29) is 11.7 Å². The Labute approximate surface area is 209 Å². The fraction of sp³-hybridized carbons (Fsp3) is 0.138. The van der Waals surface area contributed by atoms with Gasteiger partial charge in [0.1, 0.15) is 17.5 Å². The maximum atomic E-state index is 12.4. The quantitative estimate of drug-likeness (QED) is 0.272. The van der Waals surface area contributed by atoms with Crippen molar-refractivity contribution in [3.05, 3.63) is 107 Å². The molecule has 0 fully saturated rings. The molecule has 0 aliphatic heterocycles. The third-order valence-corrected chi connectivity index (χ3v) is 5.49. The van der Waals surface area contributed by atoms with Crippen molar-refractivity contribution in [2.45, 2.75) is 20.0 Å². The van der Waals surface area contributed by atoms with E-state index in [1.807, 2.05) is 66.7 Å². The lowest BCUT2D eigenvalue weighted by molar-refractivity contribution is 0.0600. The number of carbonyl (C=O) groups excluding carboxylic acids is 2. The van der Waals surface area contributed by atoms with E-state index in [0.29, 0.717) is 16.9 Å². The van der Waals surface area contributed by atoms with Crippen molar-refractivity contribution in [3.8, 4) is 23.0 Å². The molecule has 180 valence electrons. The molecule has 0 spiro atoms. The van der Waals surface area contributed by atoms with E-state index in [1.54, 1.807) is 26.0 Å². The number of methoxy groups -OCH3 is 1. The van der Waals surface area contributed by atoms with Crippen molar-refractivity contribution in [1.29, 1.82) is 0 Å². The molecule has 1 heterocycles. The Morgan fingerprint density at radius 1 is 0.917 bits per heavy atom. The van der Waals surface area contributed by atoms with E-state index in [0.717, 1.165) is 22.3 Å². The maximum Gasteiger partial charge on any atom is 0.412 e. The summed E-state index contributed by atoms with van der Waals surface area (Å²) in [6.45, 7) is 3.51. The lowest BCUT2D eigenvalue weighted by Crippen LogP contribution is -2.16. The molecule has 3 aromatic carbocycles. The number of aryl methyl sites for hydroxylation is 1. The van der Waals surface area contributed by atoms with Crippen molar-refractivity contribution in [2.24, 2.45) is 0 Å². The van der Waals surface area contributed by atoms with Crippen LogP contribution in [0.25, 0.3) is 11.1 Å². The molecule has 4 aromatic rings. The predicted octanol–water partition coefficient (Wildman–Crippen LogP) is 6.15. The zero-order chi connectivity index (χ0) is 25.5. The van der Waals surface area contributed by atoms with E-state index >= 15 is 0 Å². The number of benzene rings is 3. The second-order valence-electron chi connectivity index (χ2n) is 7.95. The fourth-order valence-electron chi connectivity index (χ4n) is 3.48. The minimum Gasteiger partial charge on any atom is -0.465 e. The summed E-state index contributed by atoms with van der Waals surface area (Å²) < 4.78 is 15.5. The fourth-order valence-corrected chi connectivity index (χ4v) is 3.48. The van der Waals surface area contributed by atoms with Crippen molar-refractivity contribution < 1.29 is 23.6 Å². The van der Waals surface area contributed by atoms with Gasteiger partial charge in [-0.25, -0.2) is 9.59 Å². The third kappa shape index (κ3) is 5.80. The van der Waals surface area contributed by atoms with Crippen molar-refractivity contribution in [1.82, 2.24) is 5.16 Å². The van der Waals surface area contributed by atoms with Crippen LogP contribution in [0.15, 0.2) is 83.4 Å². The highest BCUT2D eigenvalue weighted by Crippen LogP contribution is 2.23. The standard InChI is InChI=1S/C29H24N2O5/c1-19-27(30-29(33)35-20(2)22-7-5-4-6-8-22)26(36-31-19)18-11-21-9-12-23(13-10-21)24-14-16-25(17-15-24)28(32)34-3/h4-10,12-17,20H,1-3H3,(H,30,33)/t20-/m1/s1. The number of aromatic nitrogens is 1. The summed E-state index contributed by atoms with van der Waals surface area (Å²) in [5, 5.41) is 6.61. The van der Waals surface area contributed by atoms with Gasteiger partial charge >= 0.3 is 12.1 Å². The first-order valence-corrected chi connectivity index (χ1v) is 11.2. The molecule has 0 aliphatic carbocycles. The number of ether oxygens (including phenoxy) is 2. The SMILES string of the molecule is COC(=O)c1ccc(-c2ccc(C#Cc3onc(C)c3NC(=O)O[C@H](C)c3ccccc3)cc2)cc1. The van der Waals surface area contributed by atoms with E-state index in [2.05, 4.69) is 22.3 Å². The molecule has 1 amide bonds. The number of esters is 1. The van der Waals surface area contributed by atoms with E-state index in [4.69, 9.17) is 14.0 Å². The molecule has 1 aromatic heterocycles. The van der Waals surface area contributed by atoms with Crippen molar-refractivity contribution in [3.63, 3.8) is 0 Å². The number of hydrogen-bond donors (Lipinski definition) is 1. The Balaban J connectivity index is 1.44. The van der Waals surface area contributed by atoms with Gasteiger partial charge in [0.25, 0.3) is 0 Å². The molecule has 1 atom stereocenters. The van der Waals surface area contributed by atoms with Crippen LogP contribution in [0, 0.1) is 18.8 Å². The Bertz CT molecular complexity index is 1410. The van der Waals surface area contributed by atoms with Crippen LogP contribution in [0.3, 0.4) is 0 Å². The van der Waals surface area contributed by atoms with Crippen LogP contribution in [-0.2, 0) is 9.47 Å². The molecule has 36 heavy (non-hydrogen) atoms. The first-order chi connectivity index (χ1) is 17.4. The minimum absolute atomic E-state index is 0.235. The average Bonchev–Trinajstić information content (AvgIpc) is 3.26. The summed E-state index contributed by atoms with van der Waals surface area (Å²) in [4.78, 5) is 24.0. The number of anilines is 1. The van der Waals surface area contributed by atoms with Crippen LogP contribution < -0.4 is 5.32 Å². The molecule has 1 N–H and O–H groups in total. The zero-order valence-corrected chi connectivity index (χ0v) is 20.1. The Kier molecular flexibility index (Phi) is 7.47. The van der Waals surface area contributed by atoms with Crippen molar-refractivity contribution >= 4 is 17.7 Å². The summed E-state index contributed by atoms with van der Waals surface area (Å²) in [6.07, 6.45) is -1.04. The van der Waals surface area contributed by atoms with Gasteiger partial charge in [-0.05, 0) is 60.7 Å². The van der Waals surface area contributed by atoms with Gasteiger partial charge in [0.15, 0.2) is 0 Å². The van der Waals surface area contributed by atoms with Gasteiger partial charge in [0.05, 0.1) is 12.7 Å². The number of nitrogens with zero attached hydrogens (tertiary/aromatic N) is 1. The van der Waals surface area contributed by atoms with Gasteiger partial charge < -0.3 is 14.0 Å². The number of rotatable bonds is 5. The molecule has 0 radical (unpaired) electrons. The van der Waals surface area contributed by atoms with E-state index < -0.39 is 12.2 Å². The average molecular weight is 481 g/mol. The van der Waals surface area contributed by atoms with Crippen molar-refractivity contribution in [2.75, 3.05) is 12.4 Å². The summed E-state index contributed by atoms with van der Waals surface area (Å²) in [5.41, 5.74) is 4.94. The van der Waals surface area contributed by atoms with Gasteiger partial charge in [-0.3, -0.25) is 5.32 Å². The molecule has 0 unspecified atom stereocenters. The Morgan fingerprint density at radius 2 is 1.56 bits per heavy atom. The highest BCUT2D eigenvalue weighted by molar-refractivity contribution is 5.90. The molecular weight excluding hydrogens is 456 g/mol. The number of hydrogen-bond acceptors (Lipinski definition) is 6. The zero-order valence-electron chi connectivity index (χ0n) is 20.1. The van der Waals surface area contributed by atoms with Gasteiger partial charge in [0.2, 0.25) is 5.76 Å². The molecule has 0 saturated carbocycles. The van der Waals surface area contributed by atoms with Gasteiger partial charge in [-0.2, -0.15) is 0 Å². The van der Waals surface area contributed by atoms with Gasteiger partial charge in [-0.15, -0.1) is 0 Å². The Hall–Kier alpha value is -4.83. The van der Waals surface area contributed by atoms with Gasteiger partial charge in [-0.1, -0.05) is 65.7 Å². The number of carbonyl (C=O) groups is 2.